The molecule has 2 aliphatic heterocycles. The van der Waals surface area contributed by atoms with Crippen LogP contribution in [0, 0.1) is 6.92 Å². The third-order valence-corrected chi connectivity index (χ3v) is 7.78. The van der Waals surface area contributed by atoms with Crippen LogP contribution in [0.25, 0.3) is 0 Å². The van der Waals surface area contributed by atoms with Crippen molar-refractivity contribution >= 4 is 20.3 Å². The number of hydrogen-bond acceptors (Lipinski definition) is 6. The zero-order valence-corrected chi connectivity index (χ0v) is 17.0. The normalized spacial score (nSPS) is 24.9. The maximum atomic E-state index is 12.3. The first-order valence-electron chi connectivity index (χ1n) is 9.11. The molecule has 2 atom stereocenters. The van der Waals surface area contributed by atoms with E-state index in [4.69, 9.17) is 8.92 Å². The average Bonchev–Trinajstić information content (AvgIpc) is 3.17. The summed E-state index contributed by atoms with van der Waals surface area (Å²) in [7, 11) is -7.30. The summed E-state index contributed by atoms with van der Waals surface area (Å²) in [6.07, 6.45) is 2.49. The minimum absolute atomic E-state index is 0.0815. The summed E-state index contributed by atoms with van der Waals surface area (Å²) in [5, 5.41) is 0. The lowest BCUT2D eigenvalue weighted by Crippen LogP contribution is -2.48. The van der Waals surface area contributed by atoms with Crippen LogP contribution < -0.4 is 4.72 Å². The Kier molecular flexibility index (Phi) is 6.54. The molecule has 0 bridgehead atoms. The Bertz CT molecular complexity index is 825. The van der Waals surface area contributed by atoms with E-state index >= 15 is 0 Å². The van der Waals surface area contributed by atoms with Crippen molar-refractivity contribution in [1.82, 2.24) is 9.03 Å². The number of hydrogen-bond donors (Lipinski definition) is 1. The first-order chi connectivity index (χ1) is 12.8. The van der Waals surface area contributed by atoms with Gasteiger partial charge in [0.15, 0.2) is 0 Å². The smallest absolute Gasteiger partial charge is 0.297 e. The molecule has 2 aliphatic rings. The van der Waals surface area contributed by atoms with Crippen LogP contribution in [0.3, 0.4) is 0 Å². The molecule has 8 nitrogen and oxygen atoms in total. The van der Waals surface area contributed by atoms with Crippen LogP contribution >= 0.6 is 0 Å². The van der Waals surface area contributed by atoms with Crippen molar-refractivity contribution < 1.29 is 25.8 Å². The molecular formula is C17H26N2O6S2. The quantitative estimate of drug-likeness (QED) is 0.667. The fourth-order valence-electron chi connectivity index (χ4n) is 3.18. The summed E-state index contributed by atoms with van der Waals surface area (Å²) in [6, 6.07) is 6.14. The van der Waals surface area contributed by atoms with Crippen LogP contribution in [0.2, 0.25) is 0 Å². The van der Waals surface area contributed by atoms with Gasteiger partial charge in [0.25, 0.3) is 20.3 Å². The number of nitrogens with one attached hydrogen (secondary N) is 1. The lowest BCUT2D eigenvalue weighted by atomic mass is 10.1. The molecule has 1 aromatic carbocycles. The summed E-state index contributed by atoms with van der Waals surface area (Å²) >= 11 is 0. The Hall–Kier alpha value is -1.04. The van der Waals surface area contributed by atoms with Gasteiger partial charge in [-0.1, -0.05) is 17.7 Å². The van der Waals surface area contributed by atoms with Gasteiger partial charge in [0.2, 0.25) is 0 Å². The number of nitrogens with zero attached hydrogens (tertiary/aromatic N) is 1. The highest BCUT2D eigenvalue weighted by Crippen LogP contribution is 2.19. The standard InChI is InChI=1S/C17H26N2O6S2/c1-14-4-8-17(9-5-14)26(20,21)25-13-16-7-6-15(12-24-16)18-27(22,23)19-10-2-3-11-19/h4-5,8-9,15-16,18H,2-3,6-7,10-13H2,1H3/t15-,16+/m1/s1. The highest BCUT2D eigenvalue weighted by Gasteiger charge is 2.31. The van der Waals surface area contributed by atoms with Gasteiger partial charge in [-0.15, -0.1) is 0 Å². The molecule has 2 heterocycles. The van der Waals surface area contributed by atoms with Crippen molar-refractivity contribution in [2.45, 2.75) is 49.6 Å². The van der Waals surface area contributed by atoms with E-state index in [1.165, 1.54) is 16.4 Å². The molecule has 0 spiro atoms. The maximum Gasteiger partial charge on any atom is 0.297 e. The first kappa shape index (κ1) is 20.7. The topological polar surface area (TPSA) is 102 Å². The van der Waals surface area contributed by atoms with Crippen molar-refractivity contribution in [1.29, 1.82) is 0 Å². The Balaban J connectivity index is 1.46. The van der Waals surface area contributed by atoms with Gasteiger partial charge in [0, 0.05) is 19.1 Å². The summed E-state index contributed by atoms with van der Waals surface area (Å²) in [6.45, 7) is 3.10. The Morgan fingerprint density at radius 2 is 1.78 bits per heavy atom. The second-order valence-corrected chi connectivity index (χ2v) is 10.3. The summed E-state index contributed by atoms with van der Waals surface area (Å²) in [5.41, 5.74) is 0.965. The fourth-order valence-corrected chi connectivity index (χ4v) is 5.61. The molecule has 10 heteroatoms. The van der Waals surface area contributed by atoms with Gasteiger partial charge in [0.05, 0.1) is 24.2 Å². The van der Waals surface area contributed by atoms with Crippen LogP contribution in [-0.2, 0) is 29.2 Å². The lowest BCUT2D eigenvalue weighted by molar-refractivity contribution is -0.0214. The predicted octanol–water partition coefficient (Wildman–Crippen LogP) is 1.18. The number of benzene rings is 1. The molecule has 0 aromatic heterocycles. The molecule has 1 N–H and O–H groups in total. The van der Waals surface area contributed by atoms with Crippen molar-refractivity contribution in [3.63, 3.8) is 0 Å². The van der Waals surface area contributed by atoms with E-state index in [0.717, 1.165) is 18.4 Å². The molecule has 27 heavy (non-hydrogen) atoms. The predicted molar refractivity (Wildman–Crippen MR) is 99.9 cm³/mol. The van der Waals surface area contributed by atoms with E-state index < -0.39 is 20.3 Å². The molecule has 3 rings (SSSR count). The van der Waals surface area contributed by atoms with Crippen LogP contribution in [0.4, 0.5) is 0 Å². The summed E-state index contributed by atoms with van der Waals surface area (Å²) < 4.78 is 63.8. The lowest BCUT2D eigenvalue weighted by Gasteiger charge is -2.30. The van der Waals surface area contributed by atoms with Crippen molar-refractivity contribution in [3.8, 4) is 0 Å². The highest BCUT2D eigenvalue weighted by atomic mass is 32.2. The molecule has 152 valence electrons. The van der Waals surface area contributed by atoms with Gasteiger partial charge < -0.3 is 4.74 Å². The van der Waals surface area contributed by atoms with Crippen molar-refractivity contribution in [3.05, 3.63) is 29.8 Å². The highest BCUT2D eigenvalue weighted by molar-refractivity contribution is 7.87. The van der Waals surface area contributed by atoms with Crippen LogP contribution in [0.15, 0.2) is 29.2 Å². The number of ether oxygens (including phenoxy) is 1. The second-order valence-electron chi connectivity index (χ2n) is 7.01. The SMILES string of the molecule is Cc1ccc(S(=O)(=O)OC[C@@H]2CC[C@@H](NS(=O)(=O)N3CCCC3)CO2)cc1. The van der Waals surface area contributed by atoms with Crippen molar-refractivity contribution in [2.24, 2.45) is 0 Å². The number of rotatable bonds is 7. The average molecular weight is 419 g/mol. The third kappa shape index (κ3) is 5.49. The number of aryl methyl sites for hydroxylation is 1. The monoisotopic (exact) mass is 418 g/mol. The second kappa shape index (κ2) is 8.54. The minimum Gasteiger partial charge on any atom is -0.374 e. The fraction of sp³-hybridized carbons (Fsp3) is 0.647. The molecule has 2 fully saturated rings. The van der Waals surface area contributed by atoms with Gasteiger partial charge in [-0.2, -0.15) is 25.9 Å². The minimum atomic E-state index is -3.83. The van der Waals surface area contributed by atoms with Gasteiger partial charge in [-0.05, 0) is 44.7 Å². The molecule has 0 radical (unpaired) electrons. The summed E-state index contributed by atoms with van der Waals surface area (Å²) in [4.78, 5) is 0.111. The van der Waals surface area contributed by atoms with Crippen LogP contribution in [-0.4, -0.2) is 59.6 Å². The molecule has 0 saturated carbocycles. The van der Waals surface area contributed by atoms with Gasteiger partial charge in [-0.3, -0.25) is 4.18 Å². The first-order valence-corrected chi connectivity index (χ1v) is 12.0. The molecule has 0 unspecified atom stereocenters. The van der Waals surface area contributed by atoms with E-state index in [9.17, 15) is 16.8 Å². The van der Waals surface area contributed by atoms with Crippen molar-refractivity contribution in [2.75, 3.05) is 26.3 Å². The van der Waals surface area contributed by atoms with E-state index in [-0.39, 0.29) is 30.3 Å². The Morgan fingerprint density at radius 1 is 1.11 bits per heavy atom. The zero-order chi connectivity index (χ0) is 19.5. The zero-order valence-electron chi connectivity index (χ0n) is 15.3. The van der Waals surface area contributed by atoms with E-state index in [1.54, 1.807) is 12.1 Å². The third-order valence-electron chi connectivity index (χ3n) is 4.81. The Morgan fingerprint density at radius 3 is 2.37 bits per heavy atom. The molecule has 0 aliphatic carbocycles. The molecular weight excluding hydrogens is 392 g/mol. The van der Waals surface area contributed by atoms with E-state index in [1.807, 2.05) is 6.92 Å². The maximum absolute atomic E-state index is 12.3. The van der Waals surface area contributed by atoms with Gasteiger partial charge >= 0.3 is 0 Å². The van der Waals surface area contributed by atoms with E-state index in [0.29, 0.717) is 25.9 Å². The van der Waals surface area contributed by atoms with Crippen LogP contribution in [0.5, 0.6) is 0 Å². The largest absolute Gasteiger partial charge is 0.374 e. The van der Waals surface area contributed by atoms with Crippen LogP contribution in [0.1, 0.15) is 31.2 Å². The molecule has 2 saturated heterocycles. The van der Waals surface area contributed by atoms with Gasteiger partial charge in [-0.25, -0.2) is 0 Å². The summed E-state index contributed by atoms with van der Waals surface area (Å²) in [5.74, 6) is 0. The van der Waals surface area contributed by atoms with Gasteiger partial charge in [0.1, 0.15) is 0 Å². The molecule has 1 aromatic rings. The Labute approximate surface area is 161 Å². The molecule has 0 amide bonds. The van der Waals surface area contributed by atoms with E-state index in [2.05, 4.69) is 4.72 Å².